The lowest BCUT2D eigenvalue weighted by molar-refractivity contribution is 0.0815. The molecule has 2 heterocycles. The predicted molar refractivity (Wildman–Crippen MR) is 132 cm³/mol. The van der Waals surface area contributed by atoms with Gasteiger partial charge in [-0.05, 0) is 37.5 Å². The maximum atomic E-state index is 12.9. The van der Waals surface area contributed by atoms with E-state index in [1.54, 1.807) is 31.3 Å². The van der Waals surface area contributed by atoms with Crippen molar-refractivity contribution in [1.82, 2.24) is 19.8 Å². The molecule has 9 nitrogen and oxygen atoms in total. The third kappa shape index (κ3) is 6.00. The van der Waals surface area contributed by atoms with Gasteiger partial charge in [0.25, 0.3) is 5.91 Å². The highest BCUT2D eigenvalue weighted by molar-refractivity contribution is 5.98. The highest BCUT2D eigenvalue weighted by atomic mass is 16.3. The summed E-state index contributed by atoms with van der Waals surface area (Å²) in [7, 11) is 3.47. The Labute approximate surface area is 195 Å². The monoisotopic (exact) mass is 453 g/mol. The van der Waals surface area contributed by atoms with E-state index in [4.69, 9.17) is 10.5 Å². The van der Waals surface area contributed by atoms with Crippen LogP contribution in [0.1, 0.15) is 60.3 Å². The summed E-state index contributed by atoms with van der Waals surface area (Å²) in [5.74, 6) is 1.74. The molecule has 33 heavy (non-hydrogen) atoms. The lowest BCUT2D eigenvalue weighted by Gasteiger charge is -2.23. The van der Waals surface area contributed by atoms with Crippen LogP contribution >= 0.6 is 0 Å². The average molecular weight is 454 g/mol. The highest BCUT2D eigenvalue weighted by Crippen LogP contribution is 2.36. The second kappa shape index (κ2) is 11.1. The lowest BCUT2D eigenvalue weighted by Crippen LogP contribution is -2.28. The number of rotatable bonds is 11. The number of aliphatic hydroxyl groups is 1. The molecule has 1 saturated carbocycles. The standard InChI is InChI=1S/C24H35N7O2/c1-16(15-32)26-13-18-9-10-22(27-14-18)28-17(2)29-23-19(12-25)11-21(24(33)30(3)4)31(23)20-7-5-6-8-20/h9-12,14,16,20,25-26,29,32H,2,5-8,13,15H2,1,3-4H3,(H,27,28)/t16-/m1/s1. The maximum absolute atomic E-state index is 12.9. The van der Waals surface area contributed by atoms with Crippen LogP contribution in [0.3, 0.4) is 0 Å². The fourth-order valence-corrected chi connectivity index (χ4v) is 4.01. The van der Waals surface area contributed by atoms with Gasteiger partial charge in [0.1, 0.15) is 23.2 Å². The van der Waals surface area contributed by atoms with E-state index in [9.17, 15) is 4.79 Å². The first-order valence-corrected chi connectivity index (χ1v) is 11.3. The molecule has 178 valence electrons. The van der Waals surface area contributed by atoms with Crippen LogP contribution in [0.5, 0.6) is 0 Å². The minimum absolute atomic E-state index is 0.0233. The number of amides is 1. The molecule has 5 N–H and O–H groups in total. The molecule has 2 aromatic heterocycles. The quantitative estimate of drug-likeness (QED) is 0.334. The van der Waals surface area contributed by atoms with E-state index < -0.39 is 0 Å². The van der Waals surface area contributed by atoms with E-state index in [-0.39, 0.29) is 24.6 Å². The molecule has 0 unspecified atom stereocenters. The van der Waals surface area contributed by atoms with Gasteiger partial charge >= 0.3 is 0 Å². The zero-order chi connectivity index (χ0) is 24.0. The number of nitrogens with zero attached hydrogens (tertiary/aromatic N) is 3. The van der Waals surface area contributed by atoms with Crippen molar-refractivity contribution in [2.75, 3.05) is 31.3 Å². The molecule has 3 rings (SSSR count). The van der Waals surface area contributed by atoms with Gasteiger partial charge in [0.05, 0.1) is 6.61 Å². The summed E-state index contributed by atoms with van der Waals surface area (Å²) in [5.41, 5.74) is 2.22. The van der Waals surface area contributed by atoms with Crippen molar-refractivity contribution < 1.29 is 9.90 Å². The number of carbonyl (C=O) groups excluding carboxylic acids is 1. The van der Waals surface area contributed by atoms with Crippen LogP contribution in [0.4, 0.5) is 11.6 Å². The van der Waals surface area contributed by atoms with Crippen molar-refractivity contribution >= 4 is 23.8 Å². The fourth-order valence-electron chi connectivity index (χ4n) is 4.01. The van der Waals surface area contributed by atoms with Crippen LogP contribution in [0, 0.1) is 5.41 Å². The van der Waals surface area contributed by atoms with Gasteiger partial charge in [0.2, 0.25) is 0 Å². The summed E-state index contributed by atoms with van der Waals surface area (Å²) < 4.78 is 2.03. The predicted octanol–water partition coefficient (Wildman–Crippen LogP) is 3.16. The second-order valence-corrected chi connectivity index (χ2v) is 8.73. The van der Waals surface area contributed by atoms with Crippen molar-refractivity contribution in [2.45, 2.75) is 51.2 Å². The Balaban J connectivity index is 1.77. The van der Waals surface area contributed by atoms with Crippen molar-refractivity contribution in [3.63, 3.8) is 0 Å². The highest BCUT2D eigenvalue weighted by Gasteiger charge is 2.28. The topological polar surface area (TPSA) is 118 Å². The molecule has 1 fully saturated rings. The number of carbonyl (C=O) groups is 1. The first kappa shape index (κ1) is 24.5. The van der Waals surface area contributed by atoms with Gasteiger partial charge in [-0.2, -0.15) is 0 Å². The van der Waals surface area contributed by atoms with E-state index in [0.717, 1.165) is 31.2 Å². The first-order chi connectivity index (χ1) is 15.8. The van der Waals surface area contributed by atoms with Gasteiger partial charge in [0.15, 0.2) is 0 Å². The molecule has 1 atom stereocenters. The van der Waals surface area contributed by atoms with Gasteiger partial charge in [-0.25, -0.2) is 4.98 Å². The van der Waals surface area contributed by atoms with Gasteiger partial charge in [-0.15, -0.1) is 0 Å². The molecule has 0 saturated heterocycles. The van der Waals surface area contributed by atoms with Crippen molar-refractivity contribution in [2.24, 2.45) is 0 Å². The molecular formula is C24H35N7O2. The SMILES string of the molecule is C=C(Nc1ccc(CN[C@H](C)CO)cn1)Nc1c(C=N)cc(C(=O)N(C)C)n1C1CCCC1. The summed E-state index contributed by atoms with van der Waals surface area (Å²) in [6.07, 6.45) is 7.28. The molecule has 1 aliphatic carbocycles. The van der Waals surface area contributed by atoms with Crippen molar-refractivity contribution in [3.8, 4) is 0 Å². The molecule has 0 aliphatic heterocycles. The van der Waals surface area contributed by atoms with Gasteiger partial charge in [0, 0.05) is 50.7 Å². The Morgan fingerprint density at radius 1 is 1.36 bits per heavy atom. The molecule has 2 aromatic rings. The Morgan fingerprint density at radius 2 is 2.09 bits per heavy atom. The number of anilines is 2. The average Bonchev–Trinajstić information content (AvgIpc) is 3.45. The number of hydrogen-bond acceptors (Lipinski definition) is 7. The number of aliphatic hydroxyl groups excluding tert-OH is 1. The Bertz CT molecular complexity index is 975. The number of hydrogen-bond donors (Lipinski definition) is 5. The van der Waals surface area contributed by atoms with Crippen LogP contribution in [-0.4, -0.2) is 58.4 Å². The first-order valence-electron chi connectivity index (χ1n) is 11.3. The molecule has 1 aliphatic rings. The van der Waals surface area contributed by atoms with Gasteiger partial charge < -0.3 is 35.9 Å². The largest absolute Gasteiger partial charge is 0.395 e. The minimum Gasteiger partial charge on any atom is -0.395 e. The molecule has 0 bridgehead atoms. The molecular weight excluding hydrogens is 418 g/mol. The maximum Gasteiger partial charge on any atom is 0.270 e. The van der Waals surface area contributed by atoms with E-state index in [2.05, 4.69) is 27.5 Å². The van der Waals surface area contributed by atoms with E-state index in [0.29, 0.717) is 35.3 Å². The van der Waals surface area contributed by atoms with Crippen molar-refractivity contribution in [3.05, 3.63) is 53.6 Å². The Kier molecular flexibility index (Phi) is 8.24. The van der Waals surface area contributed by atoms with Crippen LogP contribution in [0.25, 0.3) is 0 Å². The van der Waals surface area contributed by atoms with E-state index in [1.165, 1.54) is 6.21 Å². The minimum atomic E-state index is -0.0852. The van der Waals surface area contributed by atoms with Crippen LogP contribution < -0.4 is 16.0 Å². The summed E-state index contributed by atoms with van der Waals surface area (Å²) in [5, 5.41) is 26.7. The molecule has 0 aromatic carbocycles. The van der Waals surface area contributed by atoms with Crippen LogP contribution in [0.2, 0.25) is 0 Å². The summed E-state index contributed by atoms with van der Waals surface area (Å²) in [4.78, 5) is 18.9. The molecule has 9 heteroatoms. The molecule has 1 amide bonds. The van der Waals surface area contributed by atoms with E-state index in [1.807, 2.05) is 23.6 Å². The molecule has 0 spiro atoms. The van der Waals surface area contributed by atoms with E-state index >= 15 is 0 Å². The number of pyridine rings is 1. The van der Waals surface area contributed by atoms with Gasteiger partial charge in [-0.3, -0.25) is 4.79 Å². The lowest BCUT2D eigenvalue weighted by atomic mass is 10.2. The van der Waals surface area contributed by atoms with Crippen LogP contribution in [0.15, 0.2) is 36.8 Å². The smallest absolute Gasteiger partial charge is 0.270 e. The van der Waals surface area contributed by atoms with Crippen molar-refractivity contribution in [1.29, 1.82) is 5.41 Å². The molecule has 0 radical (unpaired) electrons. The Morgan fingerprint density at radius 3 is 2.67 bits per heavy atom. The third-order valence-electron chi connectivity index (χ3n) is 5.84. The number of nitrogens with one attached hydrogen (secondary N) is 4. The zero-order valence-electron chi connectivity index (χ0n) is 19.7. The Hall–Kier alpha value is -3.17. The van der Waals surface area contributed by atoms with Crippen LogP contribution in [-0.2, 0) is 6.54 Å². The normalized spacial score (nSPS) is 14.7. The fraction of sp³-hybridized carbons (Fsp3) is 0.458. The third-order valence-corrected chi connectivity index (χ3v) is 5.84. The number of aromatic nitrogens is 2. The summed E-state index contributed by atoms with van der Waals surface area (Å²) in [6.45, 7) is 6.71. The van der Waals surface area contributed by atoms with Gasteiger partial charge in [-0.1, -0.05) is 25.5 Å². The second-order valence-electron chi connectivity index (χ2n) is 8.73. The summed E-state index contributed by atoms with van der Waals surface area (Å²) in [6, 6.07) is 5.82. The summed E-state index contributed by atoms with van der Waals surface area (Å²) >= 11 is 0. The zero-order valence-corrected chi connectivity index (χ0v) is 19.7.